The normalized spacial score (nSPS) is 28.1. The smallest absolute Gasteiger partial charge is 0.0847 e. The fraction of sp³-hybridized carbons (Fsp3) is 0.800. The van der Waals surface area contributed by atoms with E-state index in [0.29, 0.717) is 0 Å². The van der Waals surface area contributed by atoms with Gasteiger partial charge in [0.05, 0.1) is 16.4 Å². The van der Waals surface area contributed by atoms with Crippen molar-refractivity contribution in [1.82, 2.24) is 9.78 Å². The second kappa shape index (κ2) is 5.45. The third-order valence-electron chi connectivity index (χ3n) is 4.75. The second-order valence-electron chi connectivity index (χ2n) is 6.59. The Morgan fingerprint density at radius 3 is 2.42 bits per heavy atom. The fourth-order valence-corrected chi connectivity index (χ4v) is 3.49. The maximum absolute atomic E-state index is 6.60. The van der Waals surface area contributed by atoms with Gasteiger partial charge in [-0.25, -0.2) is 0 Å². The topological polar surface area (TPSA) is 43.8 Å². The summed E-state index contributed by atoms with van der Waals surface area (Å²) in [5.74, 6) is 1.60. The molecule has 0 saturated heterocycles. The molecule has 2 N–H and O–H groups in total. The molecule has 108 valence electrons. The van der Waals surface area contributed by atoms with Crippen molar-refractivity contribution in [1.29, 1.82) is 0 Å². The molecule has 0 unspecified atom stereocenters. The molecule has 0 bridgehead atoms. The van der Waals surface area contributed by atoms with Crippen LogP contribution >= 0.6 is 11.6 Å². The zero-order valence-corrected chi connectivity index (χ0v) is 13.3. The first-order valence-electron chi connectivity index (χ1n) is 7.29. The zero-order valence-electron chi connectivity index (χ0n) is 12.5. The number of nitrogens with zero attached hydrogens (tertiary/aromatic N) is 2. The third kappa shape index (κ3) is 3.14. The van der Waals surface area contributed by atoms with Crippen LogP contribution in [0.25, 0.3) is 0 Å². The Balaban J connectivity index is 2.07. The number of rotatable bonds is 3. The molecule has 0 spiro atoms. The molecule has 19 heavy (non-hydrogen) atoms. The Morgan fingerprint density at radius 1 is 1.42 bits per heavy atom. The lowest BCUT2D eigenvalue weighted by Crippen LogP contribution is -2.46. The number of aromatic nitrogens is 2. The Morgan fingerprint density at radius 2 is 2.00 bits per heavy atom. The molecule has 1 saturated carbocycles. The lowest BCUT2D eigenvalue weighted by molar-refractivity contribution is 0.192. The largest absolute Gasteiger partial charge is 0.325 e. The van der Waals surface area contributed by atoms with Crippen LogP contribution in [0.2, 0.25) is 5.02 Å². The summed E-state index contributed by atoms with van der Waals surface area (Å²) >= 11 is 6.34. The summed E-state index contributed by atoms with van der Waals surface area (Å²) in [6.45, 7) is 6.58. The summed E-state index contributed by atoms with van der Waals surface area (Å²) in [6, 6.07) is 0. The van der Waals surface area contributed by atoms with E-state index in [4.69, 9.17) is 17.3 Å². The lowest BCUT2D eigenvalue weighted by Gasteiger charge is -2.38. The van der Waals surface area contributed by atoms with Crippen LogP contribution < -0.4 is 5.73 Å². The monoisotopic (exact) mass is 283 g/mol. The van der Waals surface area contributed by atoms with E-state index < -0.39 is 0 Å². The van der Waals surface area contributed by atoms with E-state index in [2.05, 4.69) is 18.9 Å². The van der Waals surface area contributed by atoms with Gasteiger partial charge in [-0.3, -0.25) is 4.68 Å². The van der Waals surface area contributed by atoms with Crippen molar-refractivity contribution in [3.8, 4) is 0 Å². The molecule has 0 aliphatic heterocycles. The highest BCUT2D eigenvalue weighted by Gasteiger charge is 2.34. The van der Waals surface area contributed by atoms with Crippen molar-refractivity contribution in [2.75, 3.05) is 0 Å². The summed E-state index contributed by atoms with van der Waals surface area (Å²) in [5, 5.41) is 5.17. The number of halogens is 1. The first kappa shape index (κ1) is 14.9. The van der Waals surface area contributed by atoms with Gasteiger partial charge >= 0.3 is 0 Å². The molecule has 1 aliphatic carbocycles. The number of aryl methyl sites for hydroxylation is 2. The predicted molar refractivity (Wildman–Crippen MR) is 80.4 cm³/mol. The van der Waals surface area contributed by atoms with Crippen LogP contribution in [0.1, 0.15) is 50.9 Å². The summed E-state index contributed by atoms with van der Waals surface area (Å²) in [7, 11) is 1.96. The molecule has 1 aromatic rings. The number of hydrogen-bond donors (Lipinski definition) is 1. The average molecular weight is 284 g/mol. The van der Waals surface area contributed by atoms with E-state index in [0.717, 1.165) is 47.5 Å². The molecule has 3 nitrogen and oxygen atoms in total. The molecule has 4 heteroatoms. The molecule has 0 radical (unpaired) electrons. The summed E-state index contributed by atoms with van der Waals surface area (Å²) in [6.07, 6.45) is 5.51. The van der Waals surface area contributed by atoms with Crippen molar-refractivity contribution < 1.29 is 0 Å². The van der Waals surface area contributed by atoms with Crippen LogP contribution in [0, 0.1) is 18.8 Å². The van der Waals surface area contributed by atoms with Gasteiger partial charge in [-0.15, -0.1) is 0 Å². The van der Waals surface area contributed by atoms with Crippen LogP contribution in [0.15, 0.2) is 0 Å². The van der Waals surface area contributed by atoms with Gasteiger partial charge in [-0.1, -0.05) is 25.4 Å². The summed E-state index contributed by atoms with van der Waals surface area (Å²) in [5.41, 5.74) is 8.49. The Bertz CT molecular complexity index is 442. The molecule has 0 atom stereocenters. The number of hydrogen-bond acceptors (Lipinski definition) is 2. The van der Waals surface area contributed by atoms with Crippen LogP contribution in [0.3, 0.4) is 0 Å². The van der Waals surface area contributed by atoms with Gasteiger partial charge in [0.2, 0.25) is 0 Å². The third-order valence-corrected chi connectivity index (χ3v) is 5.24. The maximum atomic E-state index is 6.60. The van der Waals surface area contributed by atoms with Gasteiger partial charge in [0.25, 0.3) is 0 Å². The fourth-order valence-electron chi connectivity index (χ4n) is 3.26. The highest BCUT2D eigenvalue weighted by atomic mass is 35.5. The number of nitrogens with two attached hydrogens (primary N) is 1. The van der Waals surface area contributed by atoms with Gasteiger partial charge in [0.15, 0.2) is 0 Å². The molecule has 1 aliphatic rings. The van der Waals surface area contributed by atoms with Gasteiger partial charge in [0, 0.05) is 19.0 Å². The average Bonchev–Trinajstić information content (AvgIpc) is 2.56. The Hall–Kier alpha value is -0.540. The quantitative estimate of drug-likeness (QED) is 0.923. The SMILES string of the molecule is Cc1nn(C)c(CC2(N)CCC(C(C)C)CC2)c1Cl. The standard InChI is InChI=1S/C15H26ClN3/c1-10(2)12-5-7-15(17,8-6-12)9-13-14(16)11(3)18-19(13)4/h10,12H,5-9,17H2,1-4H3. The molecule has 1 heterocycles. The minimum absolute atomic E-state index is 0.102. The Labute approximate surface area is 121 Å². The van der Waals surface area contributed by atoms with Crippen molar-refractivity contribution in [3.05, 3.63) is 16.4 Å². The molecular formula is C15H26ClN3. The first-order valence-corrected chi connectivity index (χ1v) is 7.67. The van der Waals surface area contributed by atoms with E-state index in [1.54, 1.807) is 0 Å². The second-order valence-corrected chi connectivity index (χ2v) is 6.97. The van der Waals surface area contributed by atoms with Crippen molar-refractivity contribution in [3.63, 3.8) is 0 Å². The van der Waals surface area contributed by atoms with E-state index in [1.807, 2.05) is 18.7 Å². The molecule has 0 amide bonds. The lowest BCUT2D eigenvalue weighted by atomic mass is 9.71. The van der Waals surface area contributed by atoms with Gasteiger partial charge < -0.3 is 5.73 Å². The van der Waals surface area contributed by atoms with E-state index >= 15 is 0 Å². The molecule has 1 aromatic heterocycles. The van der Waals surface area contributed by atoms with Crippen LogP contribution in [-0.4, -0.2) is 15.3 Å². The van der Waals surface area contributed by atoms with Crippen molar-refractivity contribution in [2.24, 2.45) is 24.6 Å². The highest BCUT2D eigenvalue weighted by Crippen LogP contribution is 2.37. The van der Waals surface area contributed by atoms with E-state index in [-0.39, 0.29) is 5.54 Å². The molecule has 0 aromatic carbocycles. The Kier molecular flexibility index (Phi) is 4.26. The van der Waals surface area contributed by atoms with Gasteiger partial charge in [-0.05, 0) is 44.4 Å². The van der Waals surface area contributed by atoms with E-state index in [9.17, 15) is 0 Å². The van der Waals surface area contributed by atoms with Crippen LogP contribution in [0.5, 0.6) is 0 Å². The minimum Gasteiger partial charge on any atom is -0.325 e. The minimum atomic E-state index is -0.102. The predicted octanol–water partition coefficient (Wildman–Crippen LogP) is 3.47. The molecular weight excluding hydrogens is 258 g/mol. The van der Waals surface area contributed by atoms with Crippen LogP contribution in [-0.2, 0) is 13.5 Å². The first-order chi connectivity index (χ1) is 8.82. The summed E-state index contributed by atoms with van der Waals surface area (Å²) < 4.78 is 1.89. The van der Waals surface area contributed by atoms with Crippen molar-refractivity contribution in [2.45, 2.75) is 58.4 Å². The van der Waals surface area contributed by atoms with Crippen LogP contribution in [0.4, 0.5) is 0 Å². The van der Waals surface area contributed by atoms with Gasteiger partial charge in [0.1, 0.15) is 0 Å². The highest BCUT2D eigenvalue weighted by molar-refractivity contribution is 6.31. The summed E-state index contributed by atoms with van der Waals surface area (Å²) in [4.78, 5) is 0. The van der Waals surface area contributed by atoms with E-state index in [1.165, 1.54) is 12.8 Å². The molecule has 2 rings (SSSR count). The maximum Gasteiger partial charge on any atom is 0.0847 e. The van der Waals surface area contributed by atoms with Gasteiger partial charge in [-0.2, -0.15) is 5.10 Å². The zero-order chi connectivity index (χ0) is 14.2. The molecule has 1 fully saturated rings. The van der Waals surface area contributed by atoms with Crippen molar-refractivity contribution >= 4 is 11.6 Å².